The van der Waals surface area contributed by atoms with Crippen molar-refractivity contribution in [2.24, 2.45) is 5.73 Å². The van der Waals surface area contributed by atoms with E-state index in [1.807, 2.05) is 27.0 Å². The minimum atomic E-state index is -0.691. The van der Waals surface area contributed by atoms with Crippen molar-refractivity contribution in [2.75, 3.05) is 0 Å². The maximum atomic E-state index is 11.7. The molecule has 0 bridgehead atoms. The summed E-state index contributed by atoms with van der Waals surface area (Å²) in [4.78, 5) is 11.7. The van der Waals surface area contributed by atoms with Crippen LogP contribution in [0.25, 0.3) is 0 Å². The number of carbonyl (C=O) groups excluding carboxylic acids is 1. The molecule has 0 aliphatic rings. The van der Waals surface area contributed by atoms with Crippen LogP contribution in [0.1, 0.15) is 46.1 Å². The van der Waals surface area contributed by atoms with Crippen LogP contribution in [-0.4, -0.2) is 27.4 Å². The summed E-state index contributed by atoms with van der Waals surface area (Å²) in [5.74, 6) is 0.0144. The van der Waals surface area contributed by atoms with Gasteiger partial charge in [0.1, 0.15) is 11.6 Å². The van der Waals surface area contributed by atoms with Crippen molar-refractivity contribution >= 4 is 5.97 Å². The van der Waals surface area contributed by atoms with E-state index in [1.54, 1.807) is 10.9 Å². The summed E-state index contributed by atoms with van der Waals surface area (Å²) < 4.78 is 6.91. The van der Waals surface area contributed by atoms with Gasteiger partial charge in [-0.05, 0) is 32.3 Å². The van der Waals surface area contributed by atoms with Crippen molar-refractivity contribution in [1.82, 2.24) is 9.78 Å². The summed E-state index contributed by atoms with van der Waals surface area (Å²) in [6.07, 6.45) is 3.71. The SMILES string of the molecule is CC(C)c1cnn(CC(N)C(=O)OC(C)(C)C)c1. The van der Waals surface area contributed by atoms with Crippen molar-refractivity contribution in [3.8, 4) is 0 Å². The van der Waals surface area contributed by atoms with Gasteiger partial charge in [0.25, 0.3) is 0 Å². The highest BCUT2D eigenvalue weighted by Gasteiger charge is 2.22. The molecule has 1 aromatic rings. The van der Waals surface area contributed by atoms with Gasteiger partial charge in [-0.25, -0.2) is 0 Å². The normalized spacial score (nSPS) is 13.7. The zero-order valence-electron chi connectivity index (χ0n) is 11.8. The molecule has 0 aliphatic heterocycles. The second-order valence-electron chi connectivity index (χ2n) is 5.79. The van der Waals surface area contributed by atoms with Crippen molar-refractivity contribution in [2.45, 2.75) is 58.7 Å². The Morgan fingerprint density at radius 1 is 1.50 bits per heavy atom. The van der Waals surface area contributed by atoms with Crippen LogP contribution in [0.15, 0.2) is 12.4 Å². The van der Waals surface area contributed by atoms with Gasteiger partial charge in [-0.3, -0.25) is 9.48 Å². The van der Waals surface area contributed by atoms with E-state index in [0.717, 1.165) is 5.56 Å². The van der Waals surface area contributed by atoms with E-state index in [-0.39, 0.29) is 0 Å². The molecule has 0 aliphatic carbocycles. The molecule has 2 N–H and O–H groups in total. The fourth-order valence-electron chi connectivity index (χ4n) is 1.43. The number of nitrogens with two attached hydrogens (primary N) is 1. The van der Waals surface area contributed by atoms with Crippen LogP contribution >= 0.6 is 0 Å². The summed E-state index contributed by atoms with van der Waals surface area (Å²) >= 11 is 0. The van der Waals surface area contributed by atoms with E-state index in [0.29, 0.717) is 12.5 Å². The molecule has 0 fully saturated rings. The summed E-state index contributed by atoms with van der Waals surface area (Å²) in [6.45, 7) is 9.99. The standard InChI is InChI=1S/C13H23N3O2/c1-9(2)10-6-15-16(7-10)8-11(14)12(17)18-13(3,4)5/h6-7,9,11H,8,14H2,1-5H3. The first-order valence-electron chi connectivity index (χ1n) is 6.20. The molecule has 1 unspecified atom stereocenters. The maximum Gasteiger partial charge on any atom is 0.325 e. The number of hydrogen-bond acceptors (Lipinski definition) is 4. The molecule has 0 saturated carbocycles. The first kappa shape index (κ1) is 14.7. The van der Waals surface area contributed by atoms with Gasteiger partial charge >= 0.3 is 5.97 Å². The van der Waals surface area contributed by atoms with Gasteiger partial charge in [-0.15, -0.1) is 0 Å². The lowest BCUT2D eigenvalue weighted by Crippen LogP contribution is -2.40. The molecule has 18 heavy (non-hydrogen) atoms. The topological polar surface area (TPSA) is 70.1 Å². The quantitative estimate of drug-likeness (QED) is 0.829. The number of rotatable bonds is 4. The van der Waals surface area contributed by atoms with E-state index < -0.39 is 17.6 Å². The summed E-state index contributed by atoms with van der Waals surface area (Å²) in [6, 6.07) is -0.691. The number of hydrogen-bond donors (Lipinski definition) is 1. The lowest BCUT2D eigenvalue weighted by molar-refractivity contribution is -0.156. The van der Waals surface area contributed by atoms with Gasteiger partial charge in [0.2, 0.25) is 0 Å². The Morgan fingerprint density at radius 2 is 2.11 bits per heavy atom. The fourth-order valence-corrected chi connectivity index (χ4v) is 1.43. The van der Waals surface area contributed by atoms with Crippen molar-refractivity contribution in [3.05, 3.63) is 18.0 Å². The van der Waals surface area contributed by atoms with Crippen LogP contribution in [-0.2, 0) is 16.1 Å². The van der Waals surface area contributed by atoms with Gasteiger partial charge in [-0.1, -0.05) is 13.8 Å². The third kappa shape index (κ3) is 4.49. The molecule has 1 heterocycles. The average Bonchev–Trinajstić information content (AvgIpc) is 2.63. The molecule has 1 rings (SSSR count). The smallest absolute Gasteiger partial charge is 0.325 e. The molecular weight excluding hydrogens is 230 g/mol. The first-order valence-corrected chi connectivity index (χ1v) is 6.20. The lowest BCUT2D eigenvalue weighted by atomic mass is 10.1. The third-order valence-corrected chi connectivity index (χ3v) is 2.41. The Morgan fingerprint density at radius 3 is 2.56 bits per heavy atom. The zero-order valence-corrected chi connectivity index (χ0v) is 11.8. The molecular formula is C13H23N3O2. The van der Waals surface area contributed by atoms with Gasteiger partial charge in [-0.2, -0.15) is 5.10 Å². The zero-order chi connectivity index (χ0) is 13.9. The van der Waals surface area contributed by atoms with Gasteiger partial charge in [0.15, 0.2) is 0 Å². The Bertz CT molecular complexity index is 405. The van der Waals surface area contributed by atoms with Crippen molar-refractivity contribution in [3.63, 3.8) is 0 Å². The molecule has 1 aromatic heterocycles. The molecule has 0 saturated heterocycles. The molecule has 0 amide bonds. The molecule has 0 aromatic carbocycles. The number of ether oxygens (including phenoxy) is 1. The minimum Gasteiger partial charge on any atom is -0.459 e. The predicted octanol–water partition coefficient (Wildman–Crippen LogP) is 1.68. The molecule has 5 heteroatoms. The number of esters is 1. The fraction of sp³-hybridized carbons (Fsp3) is 0.692. The molecule has 0 radical (unpaired) electrons. The predicted molar refractivity (Wildman–Crippen MR) is 70.1 cm³/mol. The first-order chi connectivity index (χ1) is 8.19. The third-order valence-electron chi connectivity index (χ3n) is 2.41. The second-order valence-corrected chi connectivity index (χ2v) is 5.79. The molecule has 5 nitrogen and oxygen atoms in total. The highest BCUT2D eigenvalue weighted by Crippen LogP contribution is 2.13. The van der Waals surface area contributed by atoms with Gasteiger partial charge in [0, 0.05) is 6.20 Å². The van der Waals surface area contributed by atoms with E-state index in [4.69, 9.17) is 10.5 Å². The van der Waals surface area contributed by atoms with Crippen LogP contribution in [0.2, 0.25) is 0 Å². The van der Waals surface area contributed by atoms with Gasteiger partial charge in [0.05, 0.1) is 12.7 Å². The highest BCUT2D eigenvalue weighted by molar-refractivity contribution is 5.75. The Labute approximate surface area is 108 Å². The number of aromatic nitrogens is 2. The Hall–Kier alpha value is -1.36. The number of carbonyl (C=O) groups is 1. The summed E-state index contributed by atoms with van der Waals surface area (Å²) in [7, 11) is 0. The highest BCUT2D eigenvalue weighted by atomic mass is 16.6. The second kappa shape index (κ2) is 5.52. The van der Waals surface area contributed by atoms with Crippen LogP contribution < -0.4 is 5.73 Å². The molecule has 1 atom stereocenters. The van der Waals surface area contributed by atoms with Gasteiger partial charge < -0.3 is 10.5 Å². The summed E-state index contributed by atoms with van der Waals surface area (Å²) in [5.41, 5.74) is 6.43. The van der Waals surface area contributed by atoms with Crippen molar-refractivity contribution in [1.29, 1.82) is 0 Å². The van der Waals surface area contributed by atoms with E-state index >= 15 is 0 Å². The van der Waals surface area contributed by atoms with E-state index in [2.05, 4.69) is 18.9 Å². The van der Waals surface area contributed by atoms with Crippen LogP contribution in [0, 0.1) is 0 Å². The number of nitrogens with zero attached hydrogens (tertiary/aromatic N) is 2. The lowest BCUT2D eigenvalue weighted by Gasteiger charge is -2.22. The van der Waals surface area contributed by atoms with Crippen LogP contribution in [0.3, 0.4) is 0 Å². The maximum absolute atomic E-state index is 11.7. The Balaban J connectivity index is 2.58. The Kier molecular flexibility index (Phi) is 4.51. The molecule has 0 spiro atoms. The molecule has 102 valence electrons. The average molecular weight is 253 g/mol. The minimum absolute atomic E-state index is 0.335. The summed E-state index contributed by atoms with van der Waals surface area (Å²) in [5, 5.41) is 4.19. The van der Waals surface area contributed by atoms with Crippen LogP contribution in [0.4, 0.5) is 0 Å². The van der Waals surface area contributed by atoms with E-state index in [1.165, 1.54) is 0 Å². The van der Waals surface area contributed by atoms with E-state index in [9.17, 15) is 4.79 Å². The van der Waals surface area contributed by atoms with Crippen molar-refractivity contribution < 1.29 is 9.53 Å². The largest absolute Gasteiger partial charge is 0.459 e. The monoisotopic (exact) mass is 253 g/mol. The van der Waals surface area contributed by atoms with Crippen LogP contribution in [0.5, 0.6) is 0 Å².